The first-order valence-electron chi connectivity index (χ1n) is 16.2. The largest absolute Gasteiger partial charge is 0.450 e. The second kappa shape index (κ2) is 11.2. The molecule has 9 nitrogen and oxygen atoms in total. The van der Waals surface area contributed by atoms with Crippen molar-refractivity contribution < 1.29 is 14.3 Å². The first kappa shape index (κ1) is 29.3. The van der Waals surface area contributed by atoms with E-state index >= 15 is 0 Å². The van der Waals surface area contributed by atoms with Crippen LogP contribution in [0.3, 0.4) is 0 Å². The van der Waals surface area contributed by atoms with Crippen LogP contribution in [0.15, 0.2) is 29.3 Å². The van der Waals surface area contributed by atoms with Crippen molar-refractivity contribution in [2.75, 3.05) is 32.8 Å². The molecule has 10 heteroatoms. The Labute approximate surface area is 263 Å². The van der Waals surface area contributed by atoms with Gasteiger partial charge in [0, 0.05) is 54.4 Å². The summed E-state index contributed by atoms with van der Waals surface area (Å²) in [6.07, 6.45) is 4.08. The van der Waals surface area contributed by atoms with Gasteiger partial charge in [-0.1, -0.05) is 18.6 Å². The van der Waals surface area contributed by atoms with E-state index in [0.29, 0.717) is 31.2 Å². The minimum absolute atomic E-state index is 0.00954. The number of guanidine groups is 1. The van der Waals surface area contributed by atoms with Crippen molar-refractivity contribution in [3.05, 3.63) is 45.8 Å². The third-order valence-electron chi connectivity index (χ3n) is 10.2. The zero-order valence-electron chi connectivity index (χ0n) is 26.5. The zero-order chi connectivity index (χ0) is 30.7. The molecule has 6 heterocycles. The Morgan fingerprint density at radius 2 is 1.89 bits per heavy atom. The van der Waals surface area contributed by atoms with Gasteiger partial charge < -0.3 is 24.8 Å². The Kier molecular flexibility index (Phi) is 7.48. The molecule has 0 spiro atoms. The van der Waals surface area contributed by atoms with Crippen LogP contribution in [0.1, 0.15) is 86.9 Å². The fourth-order valence-corrected chi connectivity index (χ4v) is 9.07. The van der Waals surface area contributed by atoms with E-state index in [1.54, 1.807) is 18.3 Å². The molecule has 2 atom stereocenters. The standard InChI is InChI=1S/C34H44N6O3S/c1-6-43-33(42)38-32-36-17-20(3)28-25-16-27(34(4,5)31(41)40-23-7-8-24(40)10-9-23)44-30(25)37-29(28)22-14-19(2)13-21(15-22)26-18-35-11-12-39(26)32/h13-16,20,23-24,26,35,37H,6-12,17-18H2,1-5H3,(H,36,38,42)/t20-,23?,24?,26?/m1/s1. The van der Waals surface area contributed by atoms with Crippen molar-refractivity contribution in [3.8, 4) is 11.3 Å². The number of hydrogen-bond donors (Lipinski definition) is 3. The fourth-order valence-electron chi connectivity index (χ4n) is 7.90. The van der Waals surface area contributed by atoms with Crippen LogP contribution in [-0.2, 0) is 14.9 Å². The van der Waals surface area contributed by atoms with Crippen LogP contribution in [0.5, 0.6) is 0 Å². The minimum Gasteiger partial charge on any atom is -0.450 e. The van der Waals surface area contributed by atoms with Gasteiger partial charge in [0.25, 0.3) is 0 Å². The maximum atomic E-state index is 14.0. The first-order valence-corrected chi connectivity index (χ1v) is 17.0. The number of H-pyrrole nitrogens is 1. The molecule has 0 radical (unpaired) electrons. The van der Waals surface area contributed by atoms with Crippen molar-refractivity contribution in [2.45, 2.75) is 89.8 Å². The molecule has 1 unspecified atom stereocenters. The van der Waals surface area contributed by atoms with Gasteiger partial charge >= 0.3 is 6.09 Å². The second-order valence-electron chi connectivity index (χ2n) is 13.5. The molecule has 234 valence electrons. The molecular weight excluding hydrogens is 572 g/mol. The van der Waals surface area contributed by atoms with Crippen LogP contribution in [0.2, 0.25) is 0 Å². The average Bonchev–Trinajstić information content (AvgIpc) is 3.78. The summed E-state index contributed by atoms with van der Waals surface area (Å²) in [5, 5.41) is 7.67. The molecule has 44 heavy (non-hydrogen) atoms. The number of piperazine rings is 1. The minimum atomic E-state index is -0.597. The number of aryl methyl sites for hydroxylation is 1. The summed E-state index contributed by atoms with van der Waals surface area (Å²) >= 11 is 1.71. The molecule has 2 aromatic heterocycles. The van der Waals surface area contributed by atoms with Gasteiger partial charge in [-0.05, 0) is 88.3 Å². The van der Waals surface area contributed by atoms with Crippen molar-refractivity contribution in [2.24, 2.45) is 4.99 Å². The molecule has 3 saturated heterocycles. The Balaban J connectivity index is 1.33. The third-order valence-corrected chi connectivity index (χ3v) is 11.5. The topological polar surface area (TPSA) is 102 Å². The number of carbonyl (C=O) groups is 2. The Hall–Kier alpha value is -3.37. The lowest BCUT2D eigenvalue weighted by Crippen LogP contribution is -2.54. The lowest BCUT2D eigenvalue weighted by Gasteiger charge is -2.38. The van der Waals surface area contributed by atoms with Gasteiger partial charge in [-0.2, -0.15) is 0 Å². The highest BCUT2D eigenvalue weighted by molar-refractivity contribution is 7.19. The number of hydrogen-bond acceptors (Lipinski definition) is 7. The monoisotopic (exact) mass is 616 g/mol. The number of thiophene rings is 1. The molecule has 7 rings (SSSR count). The van der Waals surface area contributed by atoms with E-state index in [1.165, 1.54) is 16.7 Å². The molecule has 4 aliphatic heterocycles. The summed E-state index contributed by atoms with van der Waals surface area (Å²) in [6.45, 7) is 13.4. The number of nitrogens with zero attached hydrogens (tertiary/aromatic N) is 3. The highest BCUT2D eigenvalue weighted by Crippen LogP contribution is 2.46. The number of aromatic amines is 1. The van der Waals surface area contributed by atoms with E-state index in [-0.39, 0.29) is 17.9 Å². The number of rotatable bonds is 3. The Morgan fingerprint density at radius 3 is 2.61 bits per heavy atom. The number of benzene rings is 1. The summed E-state index contributed by atoms with van der Waals surface area (Å²) in [5.74, 6) is 0.870. The maximum absolute atomic E-state index is 14.0. The molecule has 1 aromatic carbocycles. The van der Waals surface area contributed by atoms with E-state index in [0.717, 1.165) is 71.7 Å². The predicted molar refractivity (Wildman–Crippen MR) is 175 cm³/mol. The van der Waals surface area contributed by atoms with Crippen LogP contribution < -0.4 is 10.6 Å². The Morgan fingerprint density at radius 1 is 1.14 bits per heavy atom. The lowest BCUT2D eigenvalue weighted by molar-refractivity contribution is -0.137. The molecular formula is C34H44N6O3S. The number of ether oxygens (including phenoxy) is 1. The second-order valence-corrected chi connectivity index (χ2v) is 14.6. The molecule has 3 fully saturated rings. The van der Waals surface area contributed by atoms with Gasteiger partial charge in [-0.25, -0.2) is 4.79 Å². The molecule has 4 bridgehead atoms. The van der Waals surface area contributed by atoms with Crippen molar-refractivity contribution >= 4 is 39.5 Å². The molecule has 0 saturated carbocycles. The highest BCUT2D eigenvalue weighted by Gasteiger charge is 2.47. The van der Waals surface area contributed by atoms with E-state index in [1.807, 2.05) is 0 Å². The van der Waals surface area contributed by atoms with Gasteiger partial charge in [0.15, 0.2) is 0 Å². The number of carbonyl (C=O) groups excluding carboxylic acids is 2. The normalized spacial score (nSPS) is 24.9. The number of alkyl carbamates (subject to hydrolysis) is 1. The van der Waals surface area contributed by atoms with E-state index in [4.69, 9.17) is 9.73 Å². The summed E-state index contributed by atoms with van der Waals surface area (Å²) in [4.78, 5) is 42.1. The third kappa shape index (κ3) is 4.90. The van der Waals surface area contributed by atoms with Gasteiger partial charge in [0.1, 0.15) is 4.83 Å². The fraction of sp³-hybridized carbons (Fsp3) is 0.559. The van der Waals surface area contributed by atoms with E-state index in [2.05, 4.69) is 77.4 Å². The van der Waals surface area contributed by atoms with E-state index in [9.17, 15) is 9.59 Å². The van der Waals surface area contributed by atoms with E-state index < -0.39 is 11.5 Å². The Bertz CT molecular complexity index is 1620. The highest BCUT2D eigenvalue weighted by atomic mass is 32.1. The smallest absolute Gasteiger partial charge is 0.413 e. The number of aromatic nitrogens is 1. The van der Waals surface area contributed by atoms with Crippen molar-refractivity contribution in [1.29, 1.82) is 0 Å². The first-order chi connectivity index (χ1) is 21.2. The lowest BCUT2D eigenvalue weighted by atomic mass is 9.88. The van der Waals surface area contributed by atoms with Crippen LogP contribution in [0, 0.1) is 6.92 Å². The average molecular weight is 617 g/mol. The molecule has 4 aliphatic rings. The van der Waals surface area contributed by atoms with Crippen molar-refractivity contribution in [1.82, 2.24) is 25.4 Å². The quantitative estimate of drug-likeness (QED) is 0.345. The van der Waals surface area contributed by atoms with Gasteiger partial charge in [0.2, 0.25) is 11.9 Å². The van der Waals surface area contributed by atoms with Crippen LogP contribution in [0.4, 0.5) is 4.79 Å². The predicted octanol–water partition coefficient (Wildman–Crippen LogP) is 5.80. The van der Waals surface area contributed by atoms with Crippen LogP contribution in [-0.4, -0.2) is 77.6 Å². The maximum Gasteiger partial charge on any atom is 0.413 e. The number of nitrogens with one attached hydrogen (secondary N) is 3. The molecule has 3 aromatic rings. The van der Waals surface area contributed by atoms with Crippen LogP contribution >= 0.6 is 11.3 Å². The summed E-state index contributed by atoms with van der Waals surface area (Å²) in [5.41, 5.74) is 5.24. The zero-order valence-corrected chi connectivity index (χ0v) is 27.3. The molecule has 0 aliphatic carbocycles. The summed E-state index contributed by atoms with van der Waals surface area (Å²) in [6, 6.07) is 9.86. The number of amides is 2. The summed E-state index contributed by atoms with van der Waals surface area (Å²) in [7, 11) is 0. The van der Waals surface area contributed by atoms with Gasteiger partial charge in [0.05, 0.1) is 23.8 Å². The number of fused-ring (bicyclic) bond motifs is 10. The van der Waals surface area contributed by atoms with Gasteiger partial charge in [-0.3, -0.25) is 15.1 Å². The number of aliphatic imine (C=N–C) groups is 1. The SMILES string of the molecule is CCOC(=O)NC1=NC[C@@H](C)c2c([nH]c3sc(C(C)(C)C(=O)N4C5CCC4CC5)cc23)-c2cc(C)cc(c2)C2CNCCN12. The summed E-state index contributed by atoms with van der Waals surface area (Å²) < 4.78 is 5.27. The van der Waals surface area contributed by atoms with Gasteiger partial charge in [-0.15, -0.1) is 11.3 Å². The van der Waals surface area contributed by atoms with Crippen molar-refractivity contribution in [3.63, 3.8) is 0 Å². The molecule has 3 N–H and O–H groups in total. The van der Waals surface area contributed by atoms with Crippen LogP contribution in [0.25, 0.3) is 21.5 Å². The molecule has 2 amide bonds.